The highest BCUT2D eigenvalue weighted by molar-refractivity contribution is 5.77. The van der Waals surface area contributed by atoms with Gasteiger partial charge in [0, 0.05) is 19.0 Å². The summed E-state index contributed by atoms with van der Waals surface area (Å²) in [6.07, 6.45) is 2.86. The summed E-state index contributed by atoms with van der Waals surface area (Å²) in [5.74, 6) is 0.321. The Morgan fingerprint density at radius 1 is 1.31 bits per heavy atom. The Labute approximate surface area is 99.6 Å². The lowest BCUT2D eigenvalue weighted by atomic mass is 9.91. The third-order valence-corrected chi connectivity index (χ3v) is 3.09. The lowest BCUT2D eigenvalue weighted by Gasteiger charge is -2.35. The molecule has 3 heteroatoms. The zero-order valence-electron chi connectivity index (χ0n) is 11.2. The van der Waals surface area contributed by atoms with E-state index in [0.717, 1.165) is 32.5 Å². The van der Waals surface area contributed by atoms with Crippen LogP contribution in [0.3, 0.4) is 0 Å². The molecule has 1 heterocycles. The van der Waals surface area contributed by atoms with Crippen molar-refractivity contribution in [2.75, 3.05) is 19.6 Å². The van der Waals surface area contributed by atoms with Gasteiger partial charge in [-0.25, -0.2) is 0 Å². The van der Waals surface area contributed by atoms with Gasteiger partial charge < -0.3 is 10.2 Å². The minimum absolute atomic E-state index is 0.0947. The van der Waals surface area contributed by atoms with E-state index < -0.39 is 0 Å². The summed E-state index contributed by atoms with van der Waals surface area (Å²) in [7, 11) is 0. The van der Waals surface area contributed by atoms with E-state index in [9.17, 15) is 4.79 Å². The molecule has 1 amide bonds. The van der Waals surface area contributed by atoms with Gasteiger partial charge in [0.05, 0.1) is 0 Å². The molecule has 3 nitrogen and oxygen atoms in total. The fraction of sp³-hybridized carbons (Fsp3) is 0.923. The number of nitrogens with one attached hydrogen (secondary N) is 1. The normalized spacial score (nSPS) is 18.5. The number of carbonyl (C=O) groups excluding carboxylic acids is 1. The van der Waals surface area contributed by atoms with Crippen LogP contribution in [0.1, 0.15) is 47.0 Å². The number of piperidine rings is 1. The molecule has 0 aromatic heterocycles. The SMILES string of the molecule is CCN(C(=O)CC(C)(C)C)C1CCNCC1. The maximum atomic E-state index is 12.2. The van der Waals surface area contributed by atoms with Crippen LogP contribution in [0.15, 0.2) is 0 Å². The van der Waals surface area contributed by atoms with Crippen molar-refractivity contribution in [3.05, 3.63) is 0 Å². The molecule has 1 N–H and O–H groups in total. The van der Waals surface area contributed by atoms with Crippen LogP contribution in [0.5, 0.6) is 0 Å². The van der Waals surface area contributed by atoms with Crippen molar-refractivity contribution < 1.29 is 4.79 Å². The van der Waals surface area contributed by atoms with E-state index in [0.29, 0.717) is 18.4 Å². The molecule has 0 unspecified atom stereocenters. The number of hydrogen-bond acceptors (Lipinski definition) is 2. The van der Waals surface area contributed by atoms with Crippen LogP contribution in [-0.4, -0.2) is 36.5 Å². The average molecular weight is 226 g/mol. The molecule has 1 rings (SSSR count). The monoisotopic (exact) mass is 226 g/mol. The number of carbonyl (C=O) groups is 1. The second-order valence-electron chi connectivity index (χ2n) is 5.90. The molecule has 1 aliphatic rings. The molecule has 94 valence electrons. The van der Waals surface area contributed by atoms with Crippen LogP contribution in [0.25, 0.3) is 0 Å². The van der Waals surface area contributed by atoms with E-state index in [1.54, 1.807) is 0 Å². The summed E-state index contributed by atoms with van der Waals surface area (Å²) >= 11 is 0. The quantitative estimate of drug-likeness (QED) is 0.798. The molecule has 0 aromatic carbocycles. The van der Waals surface area contributed by atoms with Crippen LogP contribution in [-0.2, 0) is 4.79 Å². The summed E-state index contributed by atoms with van der Waals surface area (Å²) < 4.78 is 0. The van der Waals surface area contributed by atoms with Crippen LogP contribution < -0.4 is 5.32 Å². The van der Waals surface area contributed by atoms with E-state index in [1.807, 2.05) is 0 Å². The molecular formula is C13H26N2O. The Balaban J connectivity index is 2.55. The Bertz CT molecular complexity index is 227. The topological polar surface area (TPSA) is 32.3 Å². The van der Waals surface area contributed by atoms with Gasteiger partial charge in [0.25, 0.3) is 0 Å². The first kappa shape index (κ1) is 13.5. The highest BCUT2D eigenvalue weighted by Crippen LogP contribution is 2.22. The maximum Gasteiger partial charge on any atom is 0.223 e. The molecule has 0 bridgehead atoms. The number of amides is 1. The Morgan fingerprint density at radius 2 is 1.88 bits per heavy atom. The van der Waals surface area contributed by atoms with Gasteiger partial charge in [-0.2, -0.15) is 0 Å². The predicted molar refractivity (Wildman–Crippen MR) is 67.4 cm³/mol. The first-order valence-electron chi connectivity index (χ1n) is 6.44. The predicted octanol–water partition coefficient (Wildman–Crippen LogP) is 2.02. The highest BCUT2D eigenvalue weighted by atomic mass is 16.2. The van der Waals surface area contributed by atoms with E-state index in [2.05, 4.69) is 37.9 Å². The van der Waals surface area contributed by atoms with Gasteiger partial charge in [-0.3, -0.25) is 4.79 Å². The standard InChI is InChI=1S/C13H26N2O/c1-5-15(11-6-8-14-9-7-11)12(16)10-13(2,3)4/h11,14H,5-10H2,1-4H3. The zero-order chi connectivity index (χ0) is 12.2. The highest BCUT2D eigenvalue weighted by Gasteiger charge is 2.26. The molecule has 0 spiro atoms. The van der Waals surface area contributed by atoms with E-state index in [1.165, 1.54) is 0 Å². The summed E-state index contributed by atoms with van der Waals surface area (Å²) in [6, 6.07) is 0.459. The lowest BCUT2D eigenvalue weighted by Crippen LogP contribution is -2.46. The van der Waals surface area contributed by atoms with Crippen molar-refractivity contribution in [2.45, 2.75) is 53.0 Å². The number of rotatable bonds is 3. The molecule has 0 radical (unpaired) electrons. The van der Waals surface area contributed by atoms with Gasteiger partial charge in [0.1, 0.15) is 0 Å². The molecule has 1 saturated heterocycles. The largest absolute Gasteiger partial charge is 0.340 e. The first-order chi connectivity index (χ1) is 7.44. The minimum atomic E-state index is 0.0947. The third kappa shape index (κ3) is 4.12. The van der Waals surface area contributed by atoms with Crippen LogP contribution in [0, 0.1) is 5.41 Å². The Kier molecular flexibility index (Phi) is 4.78. The zero-order valence-corrected chi connectivity index (χ0v) is 11.2. The number of nitrogens with zero attached hydrogens (tertiary/aromatic N) is 1. The average Bonchev–Trinajstić information content (AvgIpc) is 2.17. The fourth-order valence-corrected chi connectivity index (χ4v) is 2.31. The van der Waals surface area contributed by atoms with Gasteiger partial charge >= 0.3 is 0 Å². The molecule has 0 aromatic rings. The van der Waals surface area contributed by atoms with Gasteiger partial charge in [-0.15, -0.1) is 0 Å². The summed E-state index contributed by atoms with van der Waals surface area (Å²) in [5.41, 5.74) is 0.0947. The van der Waals surface area contributed by atoms with Crippen LogP contribution >= 0.6 is 0 Å². The van der Waals surface area contributed by atoms with Crippen LogP contribution in [0.4, 0.5) is 0 Å². The Hall–Kier alpha value is -0.570. The van der Waals surface area contributed by atoms with Crippen molar-refractivity contribution in [2.24, 2.45) is 5.41 Å². The van der Waals surface area contributed by atoms with Crippen molar-refractivity contribution in [3.63, 3.8) is 0 Å². The van der Waals surface area contributed by atoms with E-state index in [4.69, 9.17) is 0 Å². The fourth-order valence-electron chi connectivity index (χ4n) is 2.31. The third-order valence-electron chi connectivity index (χ3n) is 3.09. The second-order valence-corrected chi connectivity index (χ2v) is 5.90. The molecule has 0 atom stereocenters. The summed E-state index contributed by atoms with van der Waals surface area (Å²) in [6.45, 7) is 11.4. The van der Waals surface area contributed by atoms with Gasteiger partial charge in [-0.05, 0) is 38.3 Å². The van der Waals surface area contributed by atoms with Gasteiger partial charge in [-0.1, -0.05) is 20.8 Å². The lowest BCUT2D eigenvalue weighted by molar-refractivity contribution is -0.135. The first-order valence-corrected chi connectivity index (χ1v) is 6.44. The van der Waals surface area contributed by atoms with Crippen molar-refractivity contribution in [3.8, 4) is 0 Å². The van der Waals surface area contributed by atoms with Crippen molar-refractivity contribution in [1.82, 2.24) is 10.2 Å². The summed E-state index contributed by atoms with van der Waals surface area (Å²) in [5, 5.41) is 3.34. The molecule has 16 heavy (non-hydrogen) atoms. The number of hydrogen-bond donors (Lipinski definition) is 1. The molecular weight excluding hydrogens is 200 g/mol. The second kappa shape index (κ2) is 5.67. The summed E-state index contributed by atoms with van der Waals surface area (Å²) in [4.78, 5) is 14.3. The molecule has 1 aliphatic heterocycles. The van der Waals surface area contributed by atoms with Gasteiger partial charge in [0.15, 0.2) is 0 Å². The van der Waals surface area contributed by atoms with Crippen molar-refractivity contribution >= 4 is 5.91 Å². The van der Waals surface area contributed by atoms with Crippen LogP contribution in [0.2, 0.25) is 0 Å². The smallest absolute Gasteiger partial charge is 0.223 e. The van der Waals surface area contributed by atoms with E-state index >= 15 is 0 Å². The molecule has 0 saturated carbocycles. The maximum absolute atomic E-state index is 12.2. The molecule has 0 aliphatic carbocycles. The molecule has 1 fully saturated rings. The van der Waals surface area contributed by atoms with Crippen molar-refractivity contribution in [1.29, 1.82) is 0 Å². The minimum Gasteiger partial charge on any atom is -0.340 e. The Morgan fingerprint density at radius 3 is 2.31 bits per heavy atom. The van der Waals surface area contributed by atoms with E-state index in [-0.39, 0.29) is 5.41 Å². The van der Waals surface area contributed by atoms with Gasteiger partial charge in [0.2, 0.25) is 5.91 Å².